The summed E-state index contributed by atoms with van der Waals surface area (Å²) >= 11 is 0. The standard InChI is InChI=1S/C21H23NO7S.C14H17NO5.C10H15NO3.C6H6O3/c1-13-6-8-16(9-7-13)30(25,26)29-19-15(3)21(24)28-17-12-14(2)22(10-5-11-27-4)20(23)18(17)19;1-8-7-10-11(12(16)9(2)14(18)20-10)13(17)15(8)5-4-6-19-3;1-8-6-9(12)7-10(13)11(8)4-3-5-14-2;1-4-2-5(7)3-6(8)9-4/h6-9,12H,5,10-11H2,1-4H3;7,16H,4-6H2,1-3H3;6-7,12H,3-5H2,1-2H3;2-3,7H,1H3. The third kappa shape index (κ3) is 15.2. The van der Waals surface area contributed by atoms with E-state index in [9.17, 15) is 42.3 Å². The number of nitrogens with zero attached hydrogens (tertiary/aromatic N) is 3. The van der Waals surface area contributed by atoms with Crippen molar-refractivity contribution in [3.63, 3.8) is 0 Å². The summed E-state index contributed by atoms with van der Waals surface area (Å²) in [6.07, 6.45) is 2.05. The minimum atomic E-state index is -4.27. The van der Waals surface area contributed by atoms with Crippen molar-refractivity contribution in [2.75, 3.05) is 41.2 Å². The van der Waals surface area contributed by atoms with Gasteiger partial charge in [-0.1, -0.05) is 17.7 Å². The van der Waals surface area contributed by atoms with E-state index in [-0.39, 0.29) is 72.1 Å². The number of fused-ring (bicyclic) bond motifs is 2. The molecule has 0 amide bonds. The normalized spacial score (nSPS) is 11.0. The number of aryl methyl sites for hydroxylation is 5. The Hall–Kier alpha value is -7.53. The summed E-state index contributed by atoms with van der Waals surface area (Å²) in [7, 11) is 0.524. The van der Waals surface area contributed by atoms with Gasteiger partial charge >= 0.3 is 27.0 Å². The summed E-state index contributed by atoms with van der Waals surface area (Å²) in [4.78, 5) is 71.1. The van der Waals surface area contributed by atoms with Gasteiger partial charge in [0.05, 0.1) is 17.2 Å². The lowest BCUT2D eigenvalue weighted by atomic mass is 10.2. The molecule has 7 aromatic rings. The molecule has 21 nitrogen and oxygen atoms in total. The van der Waals surface area contributed by atoms with Crippen LogP contribution >= 0.6 is 0 Å². The van der Waals surface area contributed by atoms with Gasteiger partial charge in [-0.25, -0.2) is 14.4 Å². The molecule has 0 aliphatic rings. The molecule has 0 unspecified atom stereocenters. The van der Waals surface area contributed by atoms with Crippen molar-refractivity contribution in [2.45, 2.75) is 92.3 Å². The quantitative estimate of drug-likeness (QED) is 0.0838. The van der Waals surface area contributed by atoms with Crippen molar-refractivity contribution in [1.29, 1.82) is 0 Å². The Morgan fingerprint density at radius 2 is 0.986 bits per heavy atom. The summed E-state index contributed by atoms with van der Waals surface area (Å²) in [5.74, 6) is -0.228. The van der Waals surface area contributed by atoms with E-state index >= 15 is 0 Å². The average molecular weight is 1040 g/mol. The lowest BCUT2D eigenvalue weighted by molar-refractivity contribution is 0.189. The van der Waals surface area contributed by atoms with Crippen LogP contribution < -0.4 is 37.7 Å². The van der Waals surface area contributed by atoms with Crippen molar-refractivity contribution < 1.29 is 55.4 Å². The molecule has 6 aromatic heterocycles. The Morgan fingerprint density at radius 3 is 1.47 bits per heavy atom. The first-order valence-electron chi connectivity index (χ1n) is 22.7. The van der Waals surface area contributed by atoms with Crippen LogP contribution in [-0.4, -0.2) is 78.6 Å². The topological polar surface area (TPSA) is 288 Å². The van der Waals surface area contributed by atoms with Gasteiger partial charge in [-0.15, -0.1) is 0 Å². The fraction of sp³-hybridized carbons (Fsp3) is 0.373. The van der Waals surface area contributed by atoms with Crippen LogP contribution in [0.15, 0.2) is 108 Å². The van der Waals surface area contributed by atoms with Gasteiger partial charge in [0.2, 0.25) is 0 Å². The van der Waals surface area contributed by atoms with E-state index in [0.717, 1.165) is 23.7 Å². The molecule has 0 saturated carbocycles. The van der Waals surface area contributed by atoms with Crippen LogP contribution in [0, 0.1) is 48.5 Å². The van der Waals surface area contributed by atoms with Gasteiger partial charge in [0.1, 0.15) is 49.8 Å². The highest BCUT2D eigenvalue weighted by Crippen LogP contribution is 2.29. The maximum Gasteiger partial charge on any atom is 0.342 e. The van der Waals surface area contributed by atoms with Crippen molar-refractivity contribution in [1.82, 2.24) is 13.7 Å². The Bertz CT molecular complexity index is 3510. The van der Waals surface area contributed by atoms with Crippen LogP contribution in [0.3, 0.4) is 0 Å². The molecule has 6 heterocycles. The molecule has 3 N–H and O–H groups in total. The number of rotatable bonds is 15. The van der Waals surface area contributed by atoms with E-state index in [4.69, 9.17) is 37.4 Å². The van der Waals surface area contributed by atoms with Crippen LogP contribution in [0.4, 0.5) is 0 Å². The highest BCUT2D eigenvalue weighted by atomic mass is 32.2. The van der Waals surface area contributed by atoms with E-state index in [1.807, 2.05) is 6.92 Å². The summed E-state index contributed by atoms with van der Waals surface area (Å²) < 4.78 is 65.3. The predicted octanol–water partition coefficient (Wildman–Crippen LogP) is 5.55. The molecular formula is C51H61N3O18S. The molecule has 22 heteroatoms. The fourth-order valence-electron chi connectivity index (χ4n) is 7.20. The molecule has 0 aliphatic carbocycles. The second kappa shape index (κ2) is 26.2. The molecule has 7 rings (SSSR count). The first kappa shape index (κ1) is 58.0. The zero-order chi connectivity index (χ0) is 54.3. The zero-order valence-corrected chi connectivity index (χ0v) is 43.2. The Morgan fingerprint density at radius 1 is 0.534 bits per heavy atom. The number of aromatic hydroxyl groups is 3. The first-order chi connectivity index (χ1) is 34.4. The second-order valence-electron chi connectivity index (χ2n) is 16.6. The first-order valence-corrected chi connectivity index (χ1v) is 24.1. The molecular weight excluding hydrogens is 975 g/mol. The number of aromatic nitrogens is 3. The maximum absolute atomic E-state index is 13.2. The SMILES string of the molecule is COCCCn1c(C)cc(O)cc1=O.COCCCn1c(C)cc2oc(=O)c(C)c(O)c2c1=O.COCCCn1c(C)cc2oc(=O)c(C)c(OS(=O)(=O)c3ccc(C)cc3)c2c1=O.Cc1cc(O)cc(=O)o1. The molecule has 0 saturated heterocycles. The van der Waals surface area contributed by atoms with Crippen LogP contribution in [-0.2, 0) is 44.0 Å². The Kier molecular flexibility index (Phi) is 20.9. The minimum absolute atomic E-state index is 0.0230. The predicted molar refractivity (Wildman–Crippen MR) is 271 cm³/mol. The highest BCUT2D eigenvalue weighted by molar-refractivity contribution is 7.87. The summed E-state index contributed by atoms with van der Waals surface area (Å²) in [6, 6.07) is 14.4. The number of ether oxygens (including phenoxy) is 3. The van der Waals surface area contributed by atoms with Gasteiger partial charge in [0, 0.05) is 102 Å². The van der Waals surface area contributed by atoms with Crippen molar-refractivity contribution >= 4 is 32.1 Å². The monoisotopic (exact) mass is 1040 g/mol. The average Bonchev–Trinajstić information content (AvgIpc) is 3.30. The molecule has 0 spiro atoms. The van der Waals surface area contributed by atoms with Gasteiger partial charge in [-0.05, 0) is 85.9 Å². The molecule has 394 valence electrons. The highest BCUT2D eigenvalue weighted by Gasteiger charge is 2.25. The van der Waals surface area contributed by atoms with Crippen molar-refractivity contribution in [3.05, 3.63) is 163 Å². The van der Waals surface area contributed by atoms with E-state index in [2.05, 4.69) is 4.42 Å². The lowest BCUT2D eigenvalue weighted by Crippen LogP contribution is -2.25. The summed E-state index contributed by atoms with van der Waals surface area (Å²) in [5, 5.41) is 27.8. The number of hydrogen-bond acceptors (Lipinski definition) is 18. The number of benzene rings is 1. The van der Waals surface area contributed by atoms with Crippen molar-refractivity contribution in [3.8, 4) is 23.0 Å². The maximum atomic E-state index is 13.2. The van der Waals surface area contributed by atoms with E-state index < -0.39 is 32.6 Å². The largest absolute Gasteiger partial charge is 0.508 e. The minimum Gasteiger partial charge on any atom is -0.508 e. The van der Waals surface area contributed by atoms with Gasteiger partial charge in [0.15, 0.2) is 5.75 Å². The van der Waals surface area contributed by atoms with Gasteiger partial charge < -0.3 is 60.7 Å². The molecule has 0 atom stereocenters. The van der Waals surface area contributed by atoms with Gasteiger partial charge in [0.25, 0.3) is 16.7 Å². The third-order valence-electron chi connectivity index (χ3n) is 11.0. The number of pyridine rings is 3. The van der Waals surface area contributed by atoms with Crippen LogP contribution in [0.1, 0.15) is 58.8 Å². The molecule has 73 heavy (non-hydrogen) atoms. The van der Waals surface area contributed by atoms with Crippen molar-refractivity contribution in [2.24, 2.45) is 0 Å². The van der Waals surface area contributed by atoms with Crippen LogP contribution in [0.5, 0.6) is 23.0 Å². The van der Waals surface area contributed by atoms with Gasteiger partial charge in [-0.3, -0.25) is 14.4 Å². The second-order valence-corrected chi connectivity index (χ2v) is 18.2. The Labute approximate surface area is 418 Å². The molecule has 0 aliphatic heterocycles. The molecule has 1 aromatic carbocycles. The van der Waals surface area contributed by atoms with E-state index in [1.165, 1.54) is 48.7 Å². The molecule has 0 bridgehead atoms. The summed E-state index contributed by atoms with van der Waals surface area (Å²) in [6.45, 7) is 14.6. The van der Waals surface area contributed by atoms with Crippen LogP contribution in [0.25, 0.3) is 21.9 Å². The molecule has 0 fully saturated rings. The number of hydrogen-bond donors (Lipinski definition) is 3. The smallest absolute Gasteiger partial charge is 0.342 e. The third-order valence-corrected chi connectivity index (χ3v) is 12.2. The molecule has 0 radical (unpaired) electrons. The lowest BCUT2D eigenvalue weighted by Gasteiger charge is -2.14. The zero-order valence-electron chi connectivity index (χ0n) is 42.4. The fourth-order valence-corrected chi connectivity index (χ4v) is 8.19. The van der Waals surface area contributed by atoms with Crippen LogP contribution in [0.2, 0.25) is 0 Å². The van der Waals surface area contributed by atoms with E-state index in [0.29, 0.717) is 69.4 Å². The summed E-state index contributed by atoms with van der Waals surface area (Å²) in [5.41, 5.74) is -0.0187. The number of methoxy groups -OCH3 is 3. The van der Waals surface area contributed by atoms with E-state index in [1.54, 1.807) is 82.4 Å². The van der Waals surface area contributed by atoms with Gasteiger partial charge in [-0.2, -0.15) is 8.42 Å². The Balaban J connectivity index is 0.000000231.